The lowest BCUT2D eigenvalue weighted by Crippen LogP contribution is -2.37. The molecule has 2 atom stereocenters. The Hall–Kier alpha value is -1.77. The molecule has 4 rings (SSSR count). The molecule has 1 amide bonds. The van der Waals surface area contributed by atoms with E-state index >= 15 is 0 Å². The van der Waals surface area contributed by atoms with Crippen LogP contribution in [0.2, 0.25) is 0 Å². The first kappa shape index (κ1) is 13.9. The first-order valence-corrected chi connectivity index (χ1v) is 8.24. The molecular formula is C19H24N2O. The van der Waals surface area contributed by atoms with Gasteiger partial charge in [-0.3, -0.25) is 4.79 Å². The van der Waals surface area contributed by atoms with Crippen molar-refractivity contribution in [2.45, 2.75) is 46.1 Å². The average molecular weight is 296 g/mol. The van der Waals surface area contributed by atoms with Crippen molar-refractivity contribution in [2.24, 2.45) is 10.8 Å². The third-order valence-corrected chi connectivity index (χ3v) is 5.48. The van der Waals surface area contributed by atoms with Crippen LogP contribution < -0.4 is 0 Å². The summed E-state index contributed by atoms with van der Waals surface area (Å²) in [6, 6.07) is 8.44. The van der Waals surface area contributed by atoms with E-state index in [0.717, 1.165) is 35.9 Å². The van der Waals surface area contributed by atoms with Gasteiger partial charge >= 0.3 is 0 Å². The van der Waals surface area contributed by atoms with Crippen LogP contribution in [0.15, 0.2) is 30.5 Å². The predicted molar refractivity (Wildman–Crippen MR) is 88.9 cm³/mol. The molecule has 2 aromatic rings. The minimum Gasteiger partial charge on any atom is -0.361 e. The van der Waals surface area contributed by atoms with Crippen LogP contribution in [0.4, 0.5) is 0 Å². The Balaban J connectivity index is 1.65. The molecule has 2 fully saturated rings. The number of amides is 1. The van der Waals surface area contributed by atoms with Gasteiger partial charge in [-0.1, -0.05) is 26.8 Å². The summed E-state index contributed by atoms with van der Waals surface area (Å²) in [5, 5.41) is 1.16. The minimum absolute atomic E-state index is 0.197. The highest BCUT2D eigenvalue weighted by Crippen LogP contribution is 2.52. The molecule has 116 valence electrons. The zero-order chi connectivity index (χ0) is 15.5. The standard InChI is InChI=1S/C19H24N2O/c1-18(2)9-15-10-19(3,11-18)12-21(15)17(22)14-5-4-13-6-7-20-16(13)8-14/h4-8,15,20H,9-12H2,1-3H3/t15-,19-/m0/s1. The number of benzene rings is 1. The van der Waals surface area contributed by atoms with Crippen LogP contribution in [0.1, 0.15) is 50.4 Å². The van der Waals surface area contributed by atoms with Crippen LogP contribution in [-0.4, -0.2) is 28.4 Å². The van der Waals surface area contributed by atoms with E-state index in [1.54, 1.807) is 0 Å². The molecule has 2 aliphatic rings. The van der Waals surface area contributed by atoms with Crippen molar-refractivity contribution in [3.05, 3.63) is 36.0 Å². The predicted octanol–water partition coefficient (Wildman–Crippen LogP) is 4.21. The van der Waals surface area contributed by atoms with E-state index < -0.39 is 0 Å². The van der Waals surface area contributed by atoms with E-state index in [4.69, 9.17) is 0 Å². The molecule has 1 aliphatic heterocycles. The van der Waals surface area contributed by atoms with Gasteiger partial charge in [0.25, 0.3) is 5.91 Å². The molecule has 22 heavy (non-hydrogen) atoms. The lowest BCUT2D eigenvalue weighted by Gasteiger charge is -2.39. The summed E-state index contributed by atoms with van der Waals surface area (Å²) in [6.45, 7) is 7.94. The number of H-pyrrole nitrogens is 1. The van der Waals surface area contributed by atoms with Gasteiger partial charge in [-0.2, -0.15) is 0 Å². The smallest absolute Gasteiger partial charge is 0.254 e. The fourth-order valence-electron chi connectivity index (χ4n) is 5.04. The van der Waals surface area contributed by atoms with Crippen molar-refractivity contribution < 1.29 is 4.79 Å². The van der Waals surface area contributed by atoms with E-state index in [-0.39, 0.29) is 5.91 Å². The Morgan fingerprint density at radius 2 is 2.05 bits per heavy atom. The highest BCUT2D eigenvalue weighted by atomic mass is 16.2. The Bertz CT molecular complexity index is 745. The van der Waals surface area contributed by atoms with Crippen molar-refractivity contribution in [3.8, 4) is 0 Å². The average Bonchev–Trinajstić information content (AvgIpc) is 2.97. The Morgan fingerprint density at radius 1 is 1.23 bits per heavy atom. The second-order valence-corrected chi connectivity index (χ2v) is 8.43. The molecule has 1 saturated heterocycles. The lowest BCUT2D eigenvalue weighted by atomic mass is 9.65. The molecule has 0 spiro atoms. The van der Waals surface area contributed by atoms with Crippen LogP contribution in [0, 0.1) is 10.8 Å². The topological polar surface area (TPSA) is 36.1 Å². The molecule has 2 bridgehead atoms. The largest absolute Gasteiger partial charge is 0.361 e. The number of nitrogens with one attached hydrogen (secondary N) is 1. The highest BCUT2D eigenvalue weighted by molar-refractivity contribution is 5.98. The molecule has 3 heteroatoms. The quantitative estimate of drug-likeness (QED) is 0.841. The third kappa shape index (κ3) is 2.15. The molecule has 1 aromatic carbocycles. The summed E-state index contributed by atoms with van der Waals surface area (Å²) in [5.41, 5.74) is 2.48. The van der Waals surface area contributed by atoms with Gasteiger partial charge < -0.3 is 9.88 Å². The first-order valence-electron chi connectivity index (χ1n) is 8.24. The van der Waals surface area contributed by atoms with Crippen LogP contribution in [0.25, 0.3) is 10.9 Å². The molecule has 0 unspecified atom stereocenters. The van der Waals surface area contributed by atoms with Crippen molar-refractivity contribution in [1.29, 1.82) is 0 Å². The summed E-state index contributed by atoms with van der Waals surface area (Å²) in [6.07, 6.45) is 5.42. The lowest BCUT2D eigenvalue weighted by molar-refractivity contribution is 0.0708. The monoisotopic (exact) mass is 296 g/mol. The number of nitrogens with zero attached hydrogens (tertiary/aromatic N) is 1. The van der Waals surface area contributed by atoms with Gasteiger partial charge in [0, 0.05) is 29.9 Å². The van der Waals surface area contributed by atoms with E-state index in [1.807, 2.05) is 30.5 Å². The maximum absolute atomic E-state index is 13.0. The van der Waals surface area contributed by atoms with Crippen molar-refractivity contribution >= 4 is 16.8 Å². The van der Waals surface area contributed by atoms with E-state index in [2.05, 4.69) is 30.7 Å². The van der Waals surface area contributed by atoms with Gasteiger partial charge in [0.15, 0.2) is 0 Å². The molecule has 1 saturated carbocycles. The fourth-order valence-corrected chi connectivity index (χ4v) is 5.04. The van der Waals surface area contributed by atoms with Gasteiger partial charge in [-0.15, -0.1) is 0 Å². The maximum atomic E-state index is 13.0. The van der Waals surface area contributed by atoms with Gasteiger partial charge in [0.2, 0.25) is 0 Å². The zero-order valence-electron chi connectivity index (χ0n) is 13.6. The Labute approximate surface area is 131 Å². The molecule has 2 heterocycles. The van der Waals surface area contributed by atoms with Gasteiger partial charge in [-0.05, 0) is 53.7 Å². The molecule has 1 aliphatic carbocycles. The first-order chi connectivity index (χ1) is 10.4. The molecule has 3 nitrogen and oxygen atoms in total. The number of carbonyl (C=O) groups excluding carboxylic acids is 1. The van der Waals surface area contributed by atoms with Crippen molar-refractivity contribution in [3.63, 3.8) is 0 Å². The second-order valence-electron chi connectivity index (χ2n) is 8.43. The highest BCUT2D eigenvalue weighted by Gasteiger charge is 2.50. The summed E-state index contributed by atoms with van der Waals surface area (Å²) < 4.78 is 0. The Kier molecular flexibility index (Phi) is 2.76. The van der Waals surface area contributed by atoms with Crippen LogP contribution in [0.3, 0.4) is 0 Å². The Morgan fingerprint density at radius 3 is 2.86 bits per heavy atom. The summed E-state index contributed by atoms with van der Waals surface area (Å²) in [4.78, 5) is 18.4. The molecular weight excluding hydrogens is 272 g/mol. The third-order valence-electron chi connectivity index (χ3n) is 5.48. The number of hydrogen-bond donors (Lipinski definition) is 1. The fraction of sp³-hybridized carbons (Fsp3) is 0.526. The maximum Gasteiger partial charge on any atom is 0.254 e. The van der Waals surface area contributed by atoms with Crippen LogP contribution >= 0.6 is 0 Å². The van der Waals surface area contributed by atoms with Gasteiger partial charge in [0.05, 0.1) is 0 Å². The summed E-state index contributed by atoms with van der Waals surface area (Å²) in [7, 11) is 0. The summed E-state index contributed by atoms with van der Waals surface area (Å²) in [5.74, 6) is 0.197. The van der Waals surface area contributed by atoms with E-state index in [9.17, 15) is 4.79 Å². The molecule has 1 N–H and O–H groups in total. The van der Waals surface area contributed by atoms with Gasteiger partial charge in [-0.25, -0.2) is 0 Å². The number of rotatable bonds is 1. The number of aromatic amines is 1. The number of hydrogen-bond acceptors (Lipinski definition) is 1. The number of aromatic nitrogens is 1. The van der Waals surface area contributed by atoms with Crippen LogP contribution in [0.5, 0.6) is 0 Å². The van der Waals surface area contributed by atoms with Gasteiger partial charge in [0.1, 0.15) is 0 Å². The van der Waals surface area contributed by atoms with Crippen molar-refractivity contribution in [2.75, 3.05) is 6.54 Å². The molecule has 1 aromatic heterocycles. The zero-order valence-corrected chi connectivity index (χ0v) is 13.6. The van der Waals surface area contributed by atoms with Crippen LogP contribution in [-0.2, 0) is 0 Å². The van der Waals surface area contributed by atoms with E-state index in [0.29, 0.717) is 16.9 Å². The number of likely N-dealkylation sites (tertiary alicyclic amines) is 1. The van der Waals surface area contributed by atoms with E-state index in [1.165, 1.54) is 6.42 Å². The number of carbonyl (C=O) groups is 1. The SMILES string of the molecule is CC1(C)C[C@H]2C[C@](C)(CN2C(=O)c2ccc3cc[nH]c3c2)C1. The van der Waals surface area contributed by atoms with Crippen molar-refractivity contribution in [1.82, 2.24) is 9.88 Å². The second kappa shape index (κ2) is 4.37. The molecule has 0 radical (unpaired) electrons. The summed E-state index contributed by atoms with van der Waals surface area (Å²) >= 11 is 0. The minimum atomic E-state index is 0.197. The normalized spacial score (nSPS) is 30.0. The number of fused-ring (bicyclic) bond motifs is 3.